The minimum Gasteiger partial charge on any atom is -0.370 e. The van der Waals surface area contributed by atoms with Crippen LogP contribution in [0.5, 0.6) is 0 Å². The molecule has 0 saturated carbocycles. The fourth-order valence-corrected chi connectivity index (χ4v) is 13.8. The average molecular weight is 1740 g/mol. The number of carbonyl (C=O) groups excluding carboxylic acids is 15. The lowest BCUT2D eigenvalue weighted by Gasteiger charge is -2.31. The fraction of sp³-hybridized carbons (Fsp3) is 0.718. The van der Waals surface area contributed by atoms with Gasteiger partial charge in [-0.05, 0) is 181 Å². The number of nitrogens with two attached hydrogens (primary N) is 7. The molecule has 0 aliphatic heterocycles. The number of hydrogen-bond acceptors (Lipinski definition) is 20. The highest BCUT2D eigenvalue weighted by Crippen LogP contribution is 2.22. The van der Waals surface area contributed by atoms with E-state index in [0.717, 1.165) is 16.5 Å². The number of rotatable bonds is 61. The van der Waals surface area contributed by atoms with Crippen LogP contribution >= 0.6 is 0 Å². The summed E-state index contributed by atoms with van der Waals surface area (Å²) in [7, 11) is 0. The van der Waals surface area contributed by atoms with E-state index in [0.29, 0.717) is 51.5 Å². The number of benzene rings is 1. The minimum atomic E-state index is -1.40. The highest BCUT2D eigenvalue weighted by atomic mass is 16.2. The Hall–Kier alpha value is -10.1. The van der Waals surface area contributed by atoms with Crippen LogP contribution in [-0.2, 0) is 78.3 Å². The Kier molecular flexibility index (Phi) is 50.8. The molecule has 1 aromatic heterocycles. The maximum atomic E-state index is 14.9. The predicted molar refractivity (Wildman–Crippen MR) is 473 cm³/mol. The Morgan fingerprint density at radius 1 is 0.358 bits per heavy atom. The van der Waals surface area contributed by atoms with Crippen LogP contribution in [0.3, 0.4) is 0 Å². The number of guanidine groups is 1. The summed E-state index contributed by atoms with van der Waals surface area (Å²) in [5.74, 6) is -14.0. The van der Waals surface area contributed by atoms with Crippen molar-refractivity contribution in [2.75, 3.05) is 39.3 Å². The zero-order valence-electron chi connectivity index (χ0n) is 75.6. The molecule has 15 amide bonds. The first-order valence-electron chi connectivity index (χ1n) is 43.8. The van der Waals surface area contributed by atoms with Gasteiger partial charge in [0.05, 0.1) is 13.1 Å². The summed E-state index contributed by atoms with van der Waals surface area (Å²) in [5.41, 5.74) is 41.7. The molecule has 2 rings (SSSR count). The third-order valence-electron chi connectivity index (χ3n) is 20.7. The first-order valence-corrected chi connectivity index (χ1v) is 43.8. The van der Waals surface area contributed by atoms with Crippen molar-refractivity contribution < 1.29 is 71.9 Å². The number of nitrogens with zero attached hydrogens (tertiary/aromatic N) is 1. The molecule has 0 spiro atoms. The molecular weight excluding hydrogens is 1580 g/mol. The number of aliphatic imine (C=N–C) groups is 1. The number of unbranched alkanes of at least 4 members (excludes halogenated alkanes) is 3. The SMILES string of the molecule is CC[C@H](C)[C@H](NC(=O)[C@H](CCCCN)NC(=O)[C@H](CC(C)C)NC(=O)CNC(=O)[C@H](CC(C)C)NC(=O)[C@H](CCCCN)NC(=O)[C@H](Cc1c[nH]c2ccccc12)NC(=O)CN)C(=O)N[C@@H](CC(C)C)C(=O)N[C@@H](CCCN=C(N)N)C(=O)N[C@H](C(=O)N[C@@H](CC(C)C)C(=O)N[C@@H](CCCCN)C(=O)N[C@H](C(=O)N[C@@H](CC(C)C)C(N)=O)C(C)C)C(C)C. The quantitative estimate of drug-likeness (QED) is 0.0228. The summed E-state index contributed by atoms with van der Waals surface area (Å²) in [5, 5.41) is 39.2. The topological polar surface area (TPSA) is 635 Å². The fourth-order valence-electron chi connectivity index (χ4n) is 13.8. The van der Waals surface area contributed by atoms with Gasteiger partial charge in [0.1, 0.15) is 78.5 Å². The Morgan fingerprint density at radius 2 is 0.683 bits per heavy atom. The maximum absolute atomic E-state index is 14.9. The van der Waals surface area contributed by atoms with Gasteiger partial charge < -0.3 is 120 Å². The molecule has 0 aliphatic carbocycles. The zero-order chi connectivity index (χ0) is 92.9. The van der Waals surface area contributed by atoms with E-state index >= 15 is 0 Å². The molecule has 0 saturated heterocycles. The molecule has 0 unspecified atom stereocenters. The van der Waals surface area contributed by atoms with Gasteiger partial charge in [0.2, 0.25) is 88.6 Å². The van der Waals surface area contributed by atoms with Gasteiger partial charge in [-0.2, -0.15) is 0 Å². The van der Waals surface area contributed by atoms with Gasteiger partial charge >= 0.3 is 0 Å². The Morgan fingerprint density at radius 3 is 1.07 bits per heavy atom. The number of carbonyl (C=O) groups is 15. The van der Waals surface area contributed by atoms with E-state index in [-0.39, 0.29) is 126 Å². The van der Waals surface area contributed by atoms with E-state index in [4.69, 9.17) is 40.1 Å². The molecule has 1 heterocycles. The monoisotopic (exact) mass is 1730 g/mol. The molecule has 2 aromatic rings. The summed E-state index contributed by atoms with van der Waals surface area (Å²) in [4.78, 5) is 220. The third-order valence-corrected chi connectivity index (χ3v) is 20.7. The summed E-state index contributed by atoms with van der Waals surface area (Å²) < 4.78 is 0. The first kappa shape index (κ1) is 109. The molecule has 0 bridgehead atoms. The Bertz CT molecular complexity index is 3730. The van der Waals surface area contributed by atoms with Crippen molar-refractivity contribution in [3.8, 4) is 0 Å². The molecule has 0 aliphatic rings. The lowest BCUT2D eigenvalue weighted by molar-refractivity contribution is -0.137. The molecule has 123 heavy (non-hydrogen) atoms. The molecule has 38 heteroatoms. The van der Waals surface area contributed by atoms with Crippen molar-refractivity contribution in [3.63, 3.8) is 0 Å². The van der Waals surface area contributed by atoms with E-state index in [9.17, 15) is 71.9 Å². The smallest absolute Gasteiger partial charge is 0.243 e. The van der Waals surface area contributed by atoms with Crippen LogP contribution in [0, 0.1) is 47.3 Å². The van der Waals surface area contributed by atoms with Crippen LogP contribution in [0.1, 0.15) is 225 Å². The van der Waals surface area contributed by atoms with Gasteiger partial charge in [-0.1, -0.05) is 135 Å². The number of H-pyrrole nitrogens is 1. The number of aromatic amines is 1. The van der Waals surface area contributed by atoms with E-state index < -0.39 is 198 Å². The Balaban J connectivity index is 2.48. The van der Waals surface area contributed by atoms with Gasteiger partial charge in [0.15, 0.2) is 5.96 Å². The lowest BCUT2D eigenvalue weighted by atomic mass is 9.95. The molecular formula is C85H151N23O15. The van der Waals surface area contributed by atoms with E-state index in [1.54, 1.807) is 75.4 Å². The third kappa shape index (κ3) is 41.3. The summed E-state index contributed by atoms with van der Waals surface area (Å²) in [6.07, 6.45) is 5.38. The molecule has 0 radical (unpaired) electrons. The molecule has 14 atom stereocenters. The van der Waals surface area contributed by atoms with Crippen LogP contribution in [0.15, 0.2) is 35.5 Å². The van der Waals surface area contributed by atoms with Crippen molar-refractivity contribution in [2.45, 2.75) is 305 Å². The number of amides is 15. The molecule has 696 valence electrons. The number of fused-ring (bicyclic) bond motifs is 1. The van der Waals surface area contributed by atoms with Gasteiger partial charge in [-0.25, -0.2) is 0 Å². The predicted octanol–water partition coefficient (Wildman–Crippen LogP) is -0.398. The summed E-state index contributed by atoms with van der Waals surface area (Å²) >= 11 is 0. The second kappa shape index (κ2) is 57.4. The van der Waals surface area contributed by atoms with Crippen molar-refractivity contribution >= 4 is 105 Å². The van der Waals surface area contributed by atoms with Crippen LogP contribution in [-0.4, -0.2) is 217 Å². The van der Waals surface area contributed by atoms with Crippen molar-refractivity contribution in [3.05, 3.63) is 36.0 Å². The number of para-hydroxylation sites is 1. The number of nitrogens with one attached hydrogen (secondary N) is 15. The van der Waals surface area contributed by atoms with Crippen LogP contribution in [0.25, 0.3) is 10.9 Å². The molecule has 0 fully saturated rings. The summed E-state index contributed by atoms with van der Waals surface area (Å²) in [6, 6.07) is -8.83. The lowest BCUT2D eigenvalue weighted by Crippen LogP contribution is -2.62. The Labute approximate surface area is 726 Å². The molecule has 1 aromatic carbocycles. The molecule has 29 N–H and O–H groups in total. The second-order valence-corrected chi connectivity index (χ2v) is 34.9. The highest BCUT2D eigenvalue weighted by molar-refractivity contribution is 6.01. The normalized spacial score (nSPS) is 15.0. The van der Waals surface area contributed by atoms with Crippen LogP contribution < -0.4 is 115 Å². The zero-order valence-corrected chi connectivity index (χ0v) is 75.6. The first-order chi connectivity index (χ1) is 57.9. The van der Waals surface area contributed by atoms with Gasteiger partial charge in [-0.3, -0.25) is 76.9 Å². The number of primary amides is 1. The standard InChI is InChI=1S/C85H151N23O15/c1-17-53(16)71(108-77(116)59(31-22-25-35-88)99-78(117)63(39-48(6)7)97-68(110)45-95-73(112)62(38-47(4)5)103-74(113)57(29-20-23-33-86)98-81(120)66(96-67(109)43-89)42-54-44-94-56-28-19-18-27-55(54)56)84(123)105-65(41-50(10)11)80(119)101-60(32-26-36-93-85(91)92)76(115)107-70(52(14)15)83(122)104-64(40-49(8)9)79(118)100-58(30-21-24-34-87)75(114)106-69(51(12)13)82(121)102-61(72(90)111)37-46(2)3/h18-19,27-28,44,46-53,57-66,69-71,94H,17,20-26,29-43,45,86-89H2,1-16H3,(H2,90,111)(H,95,112)(H,96,109)(H,97,110)(H,98,120)(H,99,117)(H,100,118)(H,101,119)(H,102,121)(H,103,113)(H,104,122)(H,105,123)(H,106,114)(H,107,115)(H,108,116)(H4,91,92,93)/t53-,57-,58-,59-,60-,61-,62-,63-,64-,65-,66-,69-,70-,71-/m0/s1. The number of hydrogen-bond donors (Lipinski definition) is 22. The maximum Gasteiger partial charge on any atom is 0.243 e. The van der Waals surface area contributed by atoms with E-state index in [1.165, 1.54) is 0 Å². The molecule has 38 nitrogen and oxygen atoms in total. The van der Waals surface area contributed by atoms with Gasteiger partial charge in [-0.15, -0.1) is 0 Å². The summed E-state index contributed by atoms with van der Waals surface area (Å²) in [6.45, 7) is 28.2. The van der Waals surface area contributed by atoms with E-state index in [1.807, 2.05) is 65.8 Å². The van der Waals surface area contributed by atoms with Gasteiger partial charge in [0.25, 0.3) is 0 Å². The van der Waals surface area contributed by atoms with Crippen molar-refractivity contribution in [1.82, 2.24) is 79.4 Å². The van der Waals surface area contributed by atoms with E-state index in [2.05, 4.69) is 84.4 Å². The van der Waals surface area contributed by atoms with Gasteiger partial charge in [0, 0.05) is 30.1 Å². The average Bonchev–Trinajstić information content (AvgIpc) is 1.70. The largest absolute Gasteiger partial charge is 0.370 e. The van der Waals surface area contributed by atoms with Crippen LogP contribution in [0.4, 0.5) is 0 Å². The van der Waals surface area contributed by atoms with Crippen LogP contribution in [0.2, 0.25) is 0 Å². The highest BCUT2D eigenvalue weighted by Gasteiger charge is 2.40. The minimum absolute atomic E-state index is 0.00454. The van der Waals surface area contributed by atoms with Crippen molar-refractivity contribution in [2.24, 2.45) is 92.5 Å². The second-order valence-electron chi connectivity index (χ2n) is 34.9. The van der Waals surface area contributed by atoms with Crippen molar-refractivity contribution in [1.29, 1.82) is 0 Å². The number of aromatic nitrogens is 1.